The van der Waals surface area contributed by atoms with Crippen molar-refractivity contribution in [1.82, 2.24) is 25.3 Å². The third kappa shape index (κ3) is 4.79. The number of amides is 1. The summed E-state index contributed by atoms with van der Waals surface area (Å²) in [6, 6.07) is 1.76. The van der Waals surface area contributed by atoms with Gasteiger partial charge in [-0.1, -0.05) is 0 Å². The molecule has 0 saturated carbocycles. The molecule has 0 radical (unpaired) electrons. The van der Waals surface area contributed by atoms with E-state index in [0.717, 1.165) is 45.6 Å². The van der Waals surface area contributed by atoms with Gasteiger partial charge >= 0.3 is 0 Å². The van der Waals surface area contributed by atoms with E-state index in [2.05, 4.69) is 35.9 Å². The Labute approximate surface area is 163 Å². The second-order valence-corrected chi connectivity index (χ2v) is 7.17. The van der Waals surface area contributed by atoms with Crippen molar-refractivity contribution in [3.8, 4) is 11.4 Å². The molecule has 2 fully saturated rings. The van der Waals surface area contributed by atoms with E-state index < -0.39 is 0 Å². The van der Waals surface area contributed by atoms with E-state index in [9.17, 15) is 4.79 Å². The van der Waals surface area contributed by atoms with Crippen molar-refractivity contribution in [2.45, 2.75) is 19.3 Å². The summed E-state index contributed by atoms with van der Waals surface area (Å²) in [6.45, 7) is 4.05. The lowest BCUT2D eigenvalue weighted by Crippen LogP contribution is -2.25. The molecule has 2 saturated heterocycles. The first kappa shape index (κ1) is 18.7. The Morgan fingerprint density at radius 3 is 2.89 bits per heavy atom. The molecule has 9 heteroatoms. The normalized spacial score (nSPS) is 20.1. The number of hydrogen-bond acceptors (Lipinski definition) is 8. The van der Waals surface area contributed by atoms with Crippen LogP contribution in [0.4, 0.5) is 11.8 Å². The van der Waals surface area contributed by atoms with Gasteiger partial charge in [-0.15, -0.1) is 0 Å². The number of nitrogens with one attached hydrogen (secondary N) is 3. The van der Waals surface area contributed by atoms with Gasteiger partial charge in [-0.3, -0.25) is 15.1 Å². The monoisotopic (exact) mass is 383 g/mol. The van der Waals surface area contributed by atoms with Crippen LogP contribution in [0.15, 0.2) is 24.7 Å². The van der Waals surface area contributed by atoms with E-state index in [1.165, 1.54) is 0 Å². The van der Waals surface area contributed by atoms with Crippen LogP contribution < -0.4 is 16.0 Å². The maximum Gasteiger partial charge on any atom is 0.231 e. The molecule has 4 rings (SSSR count). The molecule has 2 aliphatic heterocycles. The average Bonchev–Trinajstić information content (AvgIpc) is 3.29. The van der Waals surface area contributed by atoms with Crippen LogP contribution in [0.3, 0.4) is 0 Å². The molecule has 0 aromatic carbocycles. The highest BCUT2D eigenvalue weighted by Gasteiger charge is 2.23. The van der Waals surface area contributed by atoms with Crippen molar-refractivity contribution in [2.75, 3.05) is 43.5 Å². The second kappa shape index (κ2) is 9.03. The van der Waals surface area contributed by atoms with Crippen molar-refractivity contribution < 1.29 is 9.53 Å². The molecule has 2 aromatic rings. The summed E-state index contributed by atoms with van der Waals surface area (Å²) >= 11 is 0. The summed E-state index contributed by atoms with van der Waals surface area (Å²) in [6.07, 6.45) is 7.94. The van der Waals surface area contributed by atoms with Gasteiger partial charge in [0.25, 0.3) is 0 Å². The summed E-state index contributed by atoms with van der Waals surface area (Å²) in [5.74, 6) is 1.50. The molecule has 148 valence electrons. The minimum absolute atomic E-state index is 0.0373. The van der Waals surface area contributed by atoms with Gasteiger partial charge < -0.3 is 15.4 Å². The van der Waals surface area contributed by atoms with Gasteiger partial charge in [-0.05, 0) is 37.8 Å². The number of nitrogens with zero attached hydrogens (tertiary/aromatic N) is 4. The lowest BCUT2D eigenvalue weighted by Gasteiger charge is -2.22. The zero-order valence-corrected chi connectivity index (χ0v) is 15.7. The average molecular weight is 383 g/mol. The molecule has 3 N–H and O–H groups in total. The van der Waals surface area contributed by atoms with Crippen molar-refractivity contribution in [3.05, 3.63) is 24.7 Å². The van der Waals surface area contributed by atoms with Gasteiger partial charge in [0.1, 0.15) is 11.5 Å². The molecule has 9 nitrogen and oxygen atoms in total. The number of anilines is 2. The summed E-state index contributed by atoms with van der Waals surface area (Å²) in [5, 5.41) is 9.34. The lowest BCUT2D eigenvalue weighted by atomic mass is 10.0. The SMILES string of the molecule is O=C(Nc1nccc(-c2cncc(NCC3CCOCC3)n2)n1)C1CCNC1. The first-order chi connectivity index (χ1) is 13.8. The Morgan fingerprint density at radius 1 is 1.18 bits per heavy atom. The van der Waals surface area contributed by atoms with Crippen LogP contribution in [-0.4, -0.2) is 58.7 Å². The van der Waals surface area contributed by atoms with E-state index in [-0.39, 0.29) is 17.8 Å². The number of hydrogen-bond donors (Lipinski definition) is 3. The maximum absolute atomic E-state index is 12.3. The molecule has 4 heterocycles. The van der Waals surface area contributed by atoms with E-state index in [1.807, 2.05) is 0 Å². The molecule has 0 bridgehead atoms. The van der Waals surface area contributed by atoms with E-state index in [1.54, 1.807) is 24.7 Å². The zero-order chi connectivity index (χ0) is 19.2. The van der Waals surface area contributed by atoms with Crippen molar-refractivity contribution in [3.63, 3.8) is 0 Å². The number of aromatic nitrogens is 4. The molecule has 1 amide bonds. The lowest BCUT2D eigenvalue weighted by molar-refractivity contribution is -0.119. The highest BCUT2D eigenvalue weighted by molar-refractivity contribution is 5.91. The van der Waals surface area contributed by atoms with E-state index >= 15 is 0 Å². The maximum atomic E-state index is 12.3. The Balaban J connectivity index is 1.41. The van der Waals surface area contributed by atoms with Crippen LogP contribution in [0, 0.1) is 11.8 Å². The van der Waals surface area contributed by atoms with Crippen LogP contribution in [0.5, 0.6) is 0 Å². The van der Waals surface area contributed by atoms with Gasteiger partial charge in [0.2, 0.25) is 11.9 Å². The van der Waals surface area contributed by atoms with Crippen LogP contribution in [0.1, 0.15) is 19.3 Å². The molecule has 1 unspecified atom stereocenters. The molecule has 2 aromatic heterocycles. The first-order valence-corrected chi connectivity index (χ1v) is 9.76. The van der Waals surface area contributed by atoms with Crippen LogP contribution >= 0.6 is 0 Å². The van der Waals surface area contributed by atoms with Crippen molar-refractivity contribution in [2.24, 2.45) is 11.8 Å². The fraction of sp³-hybridized carbons (Fsp3) is 0.526. The predicted octanol–water partition coefficient (Wildman–Crippen LogP) is 1.32. The molecular formula is C19H25N7O2. The minimum atomic E-state index is -0.0555. The van der Waals surface area contributed by atoms with Gasteiger partial charge in [0.15, 0.2) is 0 Å². The highest BCUT2D eigenvalue weighted by atomic mass is 16.5. The third-order valence-corrected chi connectivity index (χ3v) is 5.13. The number of carbonyl (C=O) groups excluding carboxylic acids is 1. The topological polar surface area (TPSA) is 114 Å². The fourth-order valence-electron chi connectivity index (χ4n) is 3.43. The van der Waals surface area contributed by atoms with E-state index in [4.69, 9.17) is 4.74 Å². The molecule has 0 aliphatic carbocycles. The summed E-state index contributed by atoms with van der Waals surface area (Å²) in [5.41, 5.74) is 1.26. The Kier molecular flexibility index (Phi) is 6.03. The quantitative estimate of drug-likeness (QED) is 0.684. The van der Waals surface area contributed by atoms with E-state index in [0.29, 0.717) is 29.7 Å². The third-order valence-electron chi connectivity index (χ3n) is 5.13. The standard InChI is InChI=1S/C19H25N7O2/c27-18(14-1-5-20-10-14)26-19-22-6-2-15(25-19)16-11-21-12-17(24-16)23-9-13-3-7-28-8-4-13/h2,6,11-14,20H,1,3-5,7-10H2,(H,23,24)(H,22,25,26,27). The fourth-order valence-corrected chi connectivity index (χ4v) is 3.43. The molecule has 1 atom stereocenters. The summed E-state index contributed by atoms with van der Waals surface area (Å²) < 4.78 is 5.40. The summed E-state index contributed by atoms with van der Waals surface area (Å²) in [7, 11) is 0. The highest BCUT2D eigenvalue weighted by Crippen LogP contribution is 2.19. The van der Waals surface area contributed by atoms with Crippen LogP contribution in [0.2, 0.25) is 0 Å². The predicted molar refractivity (Wildman–Crippen MR) is 105 cm³/mol. The largest absolute Gasteiger partial charge is 0.381 e. The van der Waals surface area contributed by atoms with Crippen LogP contribution in [-0.2, 0) is 9.53 Å². The number of rotatable bonds is 6. The number of carbonyl (C=O) groups is 1. The molecule has 2 aliphatic rings. The molecule has 28 heavy (non-hydrogen) atoms. The number of ether oxygens (including phenoxy) is 1. The zero-order valence-electron chi connectivity index (χ0n) is 15.7. The van der Waals surface area contributed by atoms with Gasteiger partial charge in [-0.2, -0.15) is 0 Å². The first-order valence-electron chi connectivity index (χ1n) is 9.76. The van der Waals surface area contributed by atoms with Crippen molar-refractivity contribution in [1.29, 1.82) is 0 Å². The molecule has 0 spiro atoms. The van der Waals surface area contributed by atoms with Gasteiger partial charge in [0, 0.05) is 32.5 Å². The summed E-state index contributed by atoms with van der Waals surface area (Å²) in [4.78, 5) is 29.7. The minimum Gasteiger partial charge on any atom is -0.381 e. The Bertz CT molecular complexity index is 804. The van der Waals surface area contributed by atoms with Gasteiger partial charge in [0.05, 0.1) is 24.0 Å². The molecular weight excluding hydrogens is 358 g/mol. The Hall–Kier alpha value is -2.65. The van der Waals surface area contributed by atoms with Crippen molar-refractivity contribution >= 4 is 17.7 Å². The Morgan fingerprint density at radius 2 is 2.07 bits per heavy atom. The smallest absolute Gasteiger partial charge is 0.231 e. The second-order valence-electron chi connectivity index (χ2n) is 7.17. The van der Waals surface area contributed by atoms with Crippen LogP contribution in [0.25, 0.3) is 11.4 Å². The van der Waals surface area contributed by atoms with Gasteiger partial charge in [-0.25, -0.2) is 15.0 Å².